The number of hydrogen-bond donors (Lipinski definition) is 0. The van der Waals surface area contributed by atoms with E-state index in [1.54, 1.807) is 0 Å². The van der Waals surface area contributed by atoms with Crippen molar-refractivity contribution in [2.75, 3.05) is 0 Å². The molecule has 0 saturated carbocycles. The van der Waals surface area contributed by atoms with Gasteiger partial charge in [0.1, 0.15) is 0 Å². The molecule has 0 radical (unpaired) electrons. The highest BCUT2D eigenvalue weighted by Crippen LogP contribution is 2.58. The van der Waals surface area contributed by atoms with E-state index in [4.69, 9.17) is 0 Å². The summed E-state index contributed by atoms with van der Waals surface area (Å²) in [5.74, 6) is 0. The lowest BCUT2D eigenvalue weighted by atomic mass is 9.66. The van der Waals surface area contributed by atoms with Crippen molar-refractivity contribution >= 4 is 80.5 Å². The SMILES string of the molecule is CCCCCCc1ccc(C2(C3=CCC=C(c4cc5cc(C(C)(C)C)cc6c7cc(C(C)(C)C)cc8cc(C(C)(C)C)cc(c(c4)c56)c87)C=C3)c3cc(Br)ccc3-c3ccc(Br)cc32)cc1. The maximum Gasteiger partial charge on any atom is 0.0711 e. The highest BCUT2D eigenvalue weighted by molar-refractivity contribution is 9.10. The maximum absolute atomic E-state index is 3.93. The van der Waals surface area contributed by atoms with Gasteiger partial charge in [-0.1, -0.05) is 199 Å². The van der Waals surface area contributed by atoms with Crippen LogP contribution in [0.3, 0.4) is 0 Å². The Morgan fingerprint density at radius 2 is 1.00 bits per heavy atom. The summed E-state index contributed by atoms with van der Waals surface area (Å²) in [4.78, 5) is 0. The third-order valence-corrected chi connectivity index (χ3v) is 15.9. The predicted octanol–water partition coefficient (Wildman–Crippen LogP) is 19.6. The molecule has 8 aromatic carbocycles. The molecule has 0 aliphatic heterocycles. The van der Waals surface area contributed by atoms with Crippen molar-refractivity contribution < 1.29 is 0 Å². The molecular weight excluding hydrogens is 929 g/mol. The van der Waals surface area contributed by atoms with E-state index < -0.39 is 5.41 Å². The second-order valence-corrected chi connectivity index (χ2v) is 24.4. The molecule has 0 unspecified atom stereocenters. The average Bonchev–Trinajstić information content (AvgIpc) is 3.36. The number of aryl methyl sites for hydroxylation is 1. The highest BCUT2D eigenvalue weighted by atomic mass is 79.9. The van der Waals surface area contributed by atoms with Gasteiger partial charge in [0, 0.05) is 8.95 Å². The monoisotopic (exact) mass is 990 g/mol. The van der Waals surface area contributed by atoms with E-state index in [1.807, 2.05) is 0 Å². The third-order valence-electron chi connectivity index (χ3n) is 14.9. The molecule has 2 heteroatoms. The Morgan fingerprint density at radius 1 is 0.500 bits per heavy atom. The number of allylic oxidation sites excluding steroid dienone is 6. The van der Waals surface area contributed by atoms with E-state index in [0.717, 1.165) is 21.8 Å². The van der Waals surface area contributed by atoms with Crippen LogP contribution in [0.25, 0.3) is 59.8 Å². The quantitative estimate of drug-likeness (QED) is 0.0808. The van der Waals surface area contributed by atoms with Gasteiger partial charge in [0.2, 0.25) is 0 Å². The van der Waals surface area contributed by atoms with E-state index in [2.05, 4.69) is 235 Å². The second kappa shape index (κ2) is 16.5. The van der Waals surface area contributed by atoms with Crippen LogP contribution >= 0.6 is 31.9 Å². The van der Waals surface area contributed by atoms with Gasteiger partial charge in [0.15, 0.2) is 0 Å². The van der Waals surface area contributed by atoms with Crippen molar-refractivity contribution in [2.45, 2.75) is 129 Å². The molecule has 334 valence electrons. The molecule has 0 amide bonds. The van der Waals surface area contributed by atoms with Crippen LogP contribution in [0.2, 0.25) is 0 Å². The van der Waals surface area contributed by atoms with Crippen LogP contribution in [0.5, 0.6) is 0 Å². The molecule has 0 fully saturated rings. The Kier molecular flexibility index (Phi) is 11.3. The fourth-order valence-corrected chi connectivity index (χ4v) is 11.9. The molecule has 2 aliphatic carbocycles. The summed E-state index contributed by atoms with van der Waals surface area (Å²) in [7, 11) is 0. The van der Waals surface area contributed by atoms with Crippen LogP contribution in [0, 0.1) is 0 Å². The summed E-state index contributed by atoms with van der Waals surface area (Å²) in [5, 5.41) is 10.9. The van der Waals surface area contributed by atoms with E-state index in [9.17, 15) is 0 Å². The number of unbranched alkanes of at least 4 members (excludes halogenated alkanes) is 3. The van der Waals surface area contributed by atoms with Gasteiger partial charge in [-0.25, -0.2) is 0 Å². The molecule has 2 aliphatic rings. The van der Waals surface area contributed by atoms with Crippen molar-refractivity contribution in [3.8, 4) is 11.1 Å². The van der Waals surface area contributed by atoms with Gasteiger partial charge in [-0.05, 0) is 200 Å². The van der Waals surface area contributed by atoms with Crippen LogP contribution in [-0.4, -0.2) is 0 Å². The molecular formula is C64H64Br2. The standard InChI is InChI=1S/C64H64Br2/c1-11-12-13-14-16-39-19-22-45(23-20-39)64(57-37-49(65)25-27-51(57)52-28-26-50(66)38-58(52)64)44-18-15-17-40(21-24-44)41-29-42-30-46(61(2,3)4)35-55-56-36-48(63(8,9)10)32-43-31-47(62(5,6)7)34-54(60(43)56)53(33-41)59(42)55/h17-38H,11-16H2,1-10H3. The van der Waals surface area contributed by atoms with Crippen LogP contribution in [0.15, 0.2) is 148 Å². The molecule has 0 atom stereocenters. The minimum absolute atomic E-state index is 0.00211. The first kappa shape index (κ1) is 45.0. The van der Waals surface area contributed by atoms with Gasteiger partial charge < -0.3 is 0 Å². The summed E-state index contributed by atoms with van der Waals surface area (Å²) in [6.07, 6.45) is 16.9. The van der Waals surface area contributed by atoms with E-state index in [1.165, 1.54) is 136 Å². The van der Waals surface area contributed by atoms with Gasteiger partial charge in [0.25, 0.3) is 0 Å². The molecule has 0 nitrogen and oxygen atoms in total. The first-order valence-electron chi connectivity index (χ1n) is 24.4. The Labute approximate surface area is 410 Å². The topological polar surface area (TPSA) is 0 Å². The van der Waals surface area contributed by atoms with Crippen molar-refractivity contribution in [2.24, 2.45) is 0 Å². The highest BCUT2D eigenvalue weighted by Gasteiger charge is 2.47. The smallest absolute Gasteiger partial charge is 0.0711 e. The van der Waals surface area contributed by atoms with Gasteiger partial charge in [-0.2, -0.15) is 0 Å². The molecule has 66 heavy (non-hydrogen) atoms. The second-order valence-electron chi connectivity index (χ2n) is 22.6. The number of rotatable bonds is 8. The summed E-state index contributed by atoms with van der Waals surface area (Å²) in [6.45, 7) is 23.5. The van der Waals surface area contributed by atoms with Gasteiger partial charge in [0.05, 0.1) is 5.41 Å². The Hall–Kier alpha value is -4.76. The van der Waals surface area contributed by atoms with E-state index in [-0.39, 0.29) is 16.2 Å². The lowest BCUT2D eigenvalue weighted by molar-refractivity contribution is 0.590. The maximum atomic E-state index is 3.93. The van der Waals surface area contributed by atoms with E-state index in [0.29, 0.717) is 0 Å². The average molecular weight is 993 g/mol. The first-order chi connectivity index (χ1) is 31.4. The first-order valence-corrected chi connectivity index (χ1v) is 26.0. The summed E-state index contributed by atoms with van der Waals surface area (Å²) in [5.41, 5.74) is 15.5. The Balaban J connectivity index is 1.18. The Morgan fingerprint density at radius 3 is 1.50 bits per heavy atom. The molecule has 0 bridgehead atoms. The Bertz CT molecular complexity index is 3250. The largest absolute Gasteiger partial charge is 0.0759 e. The fourth-order valence-electron chi connectivity index (χ4n) is 11.2. The molecule has 0 heterocycles. The normalized spacial score (nSPS) is 15.2. The zero-order chi connectivity index (χ0) is 46.5. The van der Waals surface area contributed by atoms with Gasteiger partial charge in [-0.15, -0.1) is 0 Å². The van der Waals surface area contributed by atoms with Crippen molar-refractivity contribution in [3.63, 3.8) is 0 Å². The number of halogens is 2. The minimum Gasteiger partial charge on any atom is -0.0759 e. The van der Waals surface area contributed by atoms with Crippen LogP contribution in [-0.2, 0) is 28.1 Å². The fraction of sp³-hybridized carbons (Fsp3) is 0.312. The third kappa shape index (κ3) is 7.63. The van der Waals surface area contributed by atoms with Gasteiger partial charge >= 0.3 is 0 Å². The lowest BCUT2D eigenvalue weighted by Crippen LogP contribution is -2.29. The minimum atomic E-state index is -0.501. The molecule has 0 saturated heterocycles. The number of fused-ring (bicyclic) bond motifs is 5. The van der Waals surface area contributed by atoms with E-state index >= 15 is 0 Å². The molecule has 0 N–H and O–H groups in total. The van der Waals surface area contributed by atoms with Crippen LogP contribution in [0.4, 0.5) is 0 Å². The zero-order valence-corrected chi connectivity index (χ0v) is 43.9. The molecule has 10 rings (SSSR count). The van der Waals surface area contributed by atoms with Crippen molar-refractivity contribution in [3.05, 3.63) is 193 Å². The van der Waals surface area contributed by atoms with Crippen molar-refractivity contribution in [1.82, 2.24) is 0 Å². The lowest BCUT2D eigenvalue weighted by Gasteiger charge is -2.35. The zero-order valence-electron chi connectivity index (χ0n) is 40.7. The van der Waals surface area contributed by atoms with Crippen molar-refractivity contribution in [1.29, 1.82) is 0 Å². The summed E-state index contributed by atoms with van der Waals surface area (Å²) >= 11 is 7.86. The van der Waals surface area contributed by atoms with Crippen LogP contribution < -0.4 is 0 Å². The number of hydrogen-bond acceptors (Lipinski definition) is 0. The molecule has 8 aromatic rings. The predicted molar refractivity (Wildman–Crippen MR) is 295 cm³/mol. The van der Waals surface area contributed by atoms with Crippen LogP contribution in [0.1, 0.15) is 146 Å². The summed E-state index contributed by atoms with van der Waals surface area (Å²) in [6, 6.07) is 43.4. The molecule has 0 spiro atoms. The summed E-state index contributed by atoms with van der Waals surface area (Å²) < 4.78 is 2.20. The number of benzene rings is 8. The van der Waals surface area contributed by atoms with Gasteiger partial charge in [-0.3, -0.25) is 0 Å². The molecule has 0 aromatic heterocycles.